The van der Waals surface area contributed by atoms with Crippen molar-refractivity contribution in [2.24, 2.45) is 0 Å². The van der Waals surface area contributed by atoms with Crippen LogP contribution in [0.1, 0.15) is 31.2 Å². The van der Waals surface area contributed by atoms with Gasteiger partial charge in [-0.1, -0.05) is 18.2 Å². The van der Waals surface area contributed by atoms with Crippen LogP contribution < -0.4 is 0 Å². The van der Waals surface area contributed by atoms with Crippen molar-refractivity contribution in [2.45, 2.75) is 49.9 Å². The molecule has 2 unspecified atom stereocenters. The summed E-state index contributed by atoms with van der Waals surface area (Å²) in [6.45, 7) is 0. The largest absolute Gasteiger partial charge is 0.389 e. The fourth-order valence-corrected chi connectivity index (χ4v) is 3.15. The van der Waals surface area contributed by atoms with Crippen LogP contribution in [0.25, 0.3) is 0 Å². The van der Waals surface area contributed by atoms with Crippen LogP contribution in [-0.4, -0.2) is 22.9 Å². The van der Waals surface area contributed by atoms with Gasteiger partial charge in [0.05, 0.1) is 17.8 Å². The lowest BCUT2D eigenvalue weighted by Gasteiger charge is -2.36. The zero-order valence-corrected chi connectivity index (χ0v) is 9.73. The minimum absolute atomic E-state index is 0.172. The third kappa shape index (κ3) is 2.22. The molecule has 2 aliphatic heterocycles. The fourth-order valence-electron chi connectivity index (χ4n) is 3.15. The SMILES string of the molecule is OC1(Cc2ccccc2F)CC2CCC(C1)O2. The summed E-state index contributed by atoms with van der Waals surface area (Å²) in [5.41, 5.74) is -0.178. The standard InChI is InChI=1S/C14H17FO2/c15-13-4-2-1-3-10(13)7-14(16)8-11-5-6-12(9-14)17-11/h1-4,11-12,16H,5-9H2. The Labute approximate surface area is 100 Å². The summed E-state index contributed by atoms with van der Waals surface area (Å²) in [5.74, 6) is -0.222. The van der Waals surface area contributed by atoms with Gasteiger partial charge in [0.15, 0.2) is 0 Å². The van der Waals surface area contributed by atoms with Gasteiger partial charge in [0.2, 0.25) is 0 Å². The highest BCUT2D eigenvalue weighted by molar-refractivity contribution is 5.20. The van der Waals surface area contributed by atoms with E-state index in [0.717, 1.165) is 12.8 Å². The lowest BCUT2D eigenvalue weighted by molar-refractivity contribution is -0.110. The minimum Gasteiger partial charge on any atom is -0.389 e. The first kappa shape index (κ1) is 11.2. The number of hydrogen-bond donors (Lipinski definition) is 1. The monoisotopic (exact) mass is 236 g/mol. The molecule has 1 N–H and O–H groups in total. The van der Waals surface area contributed by atoms with Crippen molar-refractivity contribution in [3.63, 3.8) is 0 Å². The maximum absolute atomic E-state index is 13.6. The van der Waals surface area contributed by atoms with Crippen molar-refractivity contribution in [1.82, 2.24) is 0 Å². The van der Waals surface area contributed by atoms with Gasteiger partial charge in [0, 0.05) is 19.3 Å². The first-order valence-corrected chi connectivity index (χ1v) is 6.26. The van der Waals surface area contributed by atoms with Crippen molar-refractivity contribution in [3.8, 4) is 0 Å². The summed E-state index contributed by atoms with van der Waals surface area (Å²) in [5, 5.41) is 10.6. The first-order valence-electron chi connectivity index (χ1n) is 6.26. The molecule has 2 bridgehead atoms. The van der Waals surface area contributed by atoms with Crippen molar-refractivity contribution < 1.29 is 14.2 Å². The summed E-state index contributed by atoms with van der Waals surface area (Å²) in [6.07, 6.45) is 4.08. The summed E-state index contributed by atoms with van der Waals surface area (Å²) < 4.78 is 19.3. The smallest absolute Gasteiger partial charge is 0.126 e. The van der Waals surface area contributed by atoms with Crippen LogP contribution >= 0.6 is 0 Å². The maximum atomic E-state index is 13.6. The predicted octanol–water partition coefficient (Wildman–Crippen LogP) is 2.44. The van der Waals surface area contributed by atoms with E-state index in [1.807, 2.05) is 6.07 Å². The Morgan fingerprint density at radius 1 is 1.24 bits per heavy atom. The Balaban J connectivity index is 1.78. The van der Waals surface area contributed by atoms with Crippen LogP contribution in [0.4, 0.5) is 4.39 Å². The second-order valence-corrected chi connectivity index (χ2v) is 5.36. The van der Waals surface area contributed by atoms with E-state index in [2.05, 4.69) is 0 Å². The van der Waals surface area contributed by atoms with Gasteiger partial charge in [0.1, 0.15) is 5.82 Å². The van der Waals surface area contributed by atoms with Crippen LogP contribution in [0, 0.1) is 5.82 Å². The average Bonchev–Trinajstić information content (AvgIpc) is 2.62. The second-order valence-electron chi connectivity index (χ2n) is 5.36. The molecule has 2 aliphatic rings. The van der Waals surface area contributed by atoms with Gasteiger partial charge < -0.3 is 9.84 Å². The third-order valence-electron chi connectivity index (χ3n) is 3.89. The molecule has 1 aromatic carbocycles. The summed E-state index contributed by atoms with van der Waals surface area (Å²) >= 11 is 0. The molecule has 0 aromatic heterocycles. The van der Waals surface area contributed by atoms with Gasteiger partial charge in [-0.15, -0.1) is 0 Å². The van der Waals surface area contributed by atoms with E-state index in [-0.39, 0.29) is 18.0 Å². The molecule has 17 heavy (non-hydrogen) atoms. The fraction of sp³-hybridized carbons (Fsp3) is 0.571. The molecular weight excluding hydrogens is 219 g/mol. The first-order chi connectivity index (χ1) is 8.15. The summed E-state index contributed by atoms with van der Waals surface area (Å²) in [4.78, 5) is 0. The highest BCUT2D eigenvalue weighted by Gasteiger charge is 2.43. The van der Waals surface area contributed by atoms with E-state index in [1.54, 1.807) is 12.1 Å². The van der Waals surface area contributed by atoms with E-state index in [1.165, 1.54) is 6.07 Å². The average molecular weight is 236 g/mol. The number of fused-ring (bicyclic) bond motifs is 2. The van der Waals surface area contributed by atoms with Gasteiger partial charge in [-0.05, 0) is 24.5 Å². The van der Waals surface area contributed by atoms with Crippen molar-refractivity contribution in [1.29, 1.82) is 0 Å². The molecule has 0 aliphatic carbocycles. The molecule has 92 valence electrons. The van der Waals surface area contributed by atoms with Gasteiger partial charge >= 0.3 is 0 Å². The third-order valence-corrected chi connectivity index (χ3v) is 3.89. The van der Waals surface area contributed by atoms with Crippen LogP contribution in [0.3, 0.4) is 0 Å². The van der Waals surface area contributed by atoms with Crippen molar-refractivity contribution in [3.05, 3.63) is 35.6 Å². The molecular formula is C14H17FO2. The number of hydrogen-bond acceptors (Lipinski definition) is 2. The summed E-state index contributed by atoms with van der Waals surface area (Å²) in [6, 6.07) is 6.70. The molecule has 0 amide bonds. The van der Waals surface area contributed by atoms with Crippen LogP contribution in [0.5, 0.6) is 0 Å². The van der Waals surface area contributed by atoms with Gasteiger partial charge in [-0.2, -0.15) is 0 Å². The Bertz CT molecular complexity index is 406. The van der Waals surface area contributed by atoms with Crippen LogP contribution in [-0.2, 0) is 11.2 Å². The minimum atomic E-state index is -0.785. The molecule has 0 radical (unpaired) electrons. The molecule has 3 rings (SSSR count). The van der Waals surface area contributed by atoms with E-state index >= 15 is 0 Å². The molecule has 0 saturated carbocycles. The summed E-state index contributed by atoms with van der Waals surface area (Å²) in [7, 11) is 0. The molecule has 3 heteroatoms. The lowest BCUT2D eigenvalue weighted by Crippen LogP contribution is -2.42. The Hall–Kier alpha value is -0.930. The molecule has 0 spiro atoms. The Morgan fingerprint density at radius 2 is 1.88 bits per heavy atom. The quantitative estimate of drug-likeness (QED) is 0.854. The zero-order valence-electron chi connectivity index (χ0n) is 9.73. The lowest BCUT2D eigenvalue weighted by atomic mass is 9.84. The molecule has 2 nitrogen and oxygen atoms in total. The number of halogens is 1. The molecule has 2 fully saturated rings. The molecule has 1 aromatic rings. The second kappa shape index (κ2) is 4.07. The zero-order chi connectivity index (χ0) is 11.9. The maximum Gasteiger partial charge on any atom is 0.126 e. The van der Waals surface area contributed by atoms with E-state index in [0.29, 0.717) is 24.8 Å². The van der Waals surface area contributed by atoms with Crippen molar-refractivity contribution >= 4 is 0 Å². The predicted molar refractivity (Wildman–Crippen MR) is 62.2 cm³/mol. The number of rotatable bonds is 2. The van der Waals surface area contributed by atoms with Gasteiger partial charge in [0.25, 0.3) is 0 Å². The highest BCUT2D eigenvalue weighted by Crippen LogP contribution is 2.40. The Kier molecular flexibility index (Phi) is 2.68. The van der Waals surface area contributed by atoms with Crippen LogP contribution in [0.15, 0.2) is 24.3 Å². The van der Waals surface area contributed by atoms with Crippen LogP contribution in [0.2, 0.25) is 0 Å². The number of aliphatic hydroxyl groups is 1. The van der Waals surface area contributed by atoms with E-state index in [9.17, 15) is 9.50 Å². The highest BCUT2D eigenvalue weighted by atomic mass is 19.1. The van der Waals surface area contributed by atoms with Gasteiger partial charge in [-0.3, -0.25) is 0 Å². The Morgan fingerprint density at radius 3 is 2.53 bits per heavy atom. The van der Waals surface area contributed by atoms with E-state index in [4.69, 9.17) is 4.74 Å². The number of ether oxygens (including phenoxy) is 1. The molecule has 2 atom stereocenters. The van der Waals surface area contributed by atoms with Gasteiger partial charge in [-0.25, -0.2) is 4.39 Å². The topological polar surface area (TPSA) is 29.5 Å². The van der Waals surface area contributed by atoms with Crippen molar-refractivity contribution in [2.75, 3.05) is 0 Å². The molecule has 2 saturated heterocycles. The van der Waals surface area contributed by atoms with E-state index < -0.39 is 5.60 Å². The molecule has 2 heterocycles. The normalized spacial score (nSPS) is 36.1. The number of benzene rings is 1.